The van der Waals surface area contributed by atoms with Gasteiger partial charge >= 0.3 is 6.03 Å². The van der Waals surface area contributed by atoms with Crippen LogP contribution in [0.25, 0.3) is 0 Å². The van der Waals surface area contributed by atoms with E-state index in [1.807, 2.05) is 4.90 Å². The Morgan fingerprint density at radius 3 is 2.41 bits per heavy atom. The third kappa shape index (κ3) is 3.60. The summed E-state index contributed by atoms with van der Waals surface area (Å²) >= 11 is 0. The highest BCUT2D eigenvalue weighted by Crippen LogP contribution is 2.24. The second-order valence-corrected chi connectivity index (χ2v) is 5.35. The number of nitrogens with one attached hydrogen (secondary N) is 1. The normalized spacial score (nSPS) is 30.1. The van der Waals surface area contributed by atoms with E-state index in [4.69, 9.17) is 0 Å². The number of carbonyl (C=O) groups is 1. The number of carbonyl (C=O) groups excluding carboxylic acids is 1. The average molecular weight is 240 g/mol. The van der Waals surface area contributed by atoms with Crippen LogP contribution in [0.3, 0.4) is 0 Å². The van der Waals surface area contributed by atoms with E-state index in [2.05, 4.69) is 5.32 Å². The summed E-state index contributed by atoms with van der Waals surface area (Å²) in [4.78, 5) is 13.9. The Morgan fingerprint density at radius 1 is 1.12 bits per heavy atom. The van der Waals surface area contributed by atoms with Gasteiger partial charge in [-0.25, -0.2) is 4.79 Å². The van der Waals surface area contributed by atoms with Gasteiger partial charge in [-0.3, -0.25) is 0 Å². The van der Waals surface area contributed by atoms with Crippen molar-refractivity contribution in [2.75, 3.05) is 19.6 Å². The first-order valence-corrected chi connectivity index (χ1v) is 6.98. The molecule has 0 radical (unpaired) electrons. The molecule has 1 saturated carbocycles. The van der Waals surface area contributed by atoms with Crippen LogP contribution < -0.4 is 5.32 Å². The number of amides is 2. The number of rotatable bonds is 2. The number of aliphatic hydroxyl groups is 1. The molecule has 2 aliphatic rings. The van der Waals surface area contributed by atoms with E-state index < -0.39 is 0 Å². The zero-order chi connectivity index (χ0) is 12.1. The van der Waals surface area contributed by atoms with Gasteiger partial charge in [0.25, 0.3) is 0 Å². The summed E-state index contributed by atoms with van der Waals surface area (Å²) in [5, 5.41) is 12.7. The minimum absolute atomic E-state index is 0.0611. The monoisotopic (exact) mass is 240 g/mol. The first-order chi connectivity index (χ1) is 8.27. The lowest BCUT2D eigenvalue weighted by Crippen LogP contribution is -2.43. The maximum atomic E-state index is 11.9. The van der Waals surface area contributed by atoms with Crippen molar-refractivity contribution in [1.82, 2.24) is 10.2 Å². The van der Waals surface area contributed by atoms with E-state index >= 15 is 0 Å². The van der Waals surface area contributed by atoms with Gasteiger partial charge in [-0.15, -0.1) is 0 Å². The Kier molecular flexibility index (Phi) is 4.66. The van der Waals surface area contributed by atoms with E-state index in [-0.39, 0.29) is 18.1 Å². The second kappa shape index (κ2) is 6.24. The molecule has 2 rings (SSSR count). The van der Waals surface area contributed by atoms with Crippen molar-refractivity contribution in [3.63, 3.8) is 0 Å². The van der Waals surface area contributed by atoms with Crippen LogP contribution in [-0.2, 0) is 0 Å². The summed E-state index contributed by atoms with van der Waals surface area (Å²) in [6, 6.07) is 0.0611. The van der Waals surface area contributed by atoms with Crippen LogP contribution in [0.4, 0.5) is 4.79 Å². The van der Waals surface area contributed by atoms with Crippen molar-refractivity contribution in [2.45, 2.75) is 51.0 Å². The topological polar surface area (TPSA) is 52.6 Å². The number of likely N-dealkylation sites (tertiary alicyclic amines) is 1. The van der Waals surface area contributed by atoms with Gasteiger partial charge in [0, 0.05) is 25.6 Å². The Labute approximate surface area is 103 Å². The average Bonchev–Trinajstić information content (AvgIpc) is 2.58. The van der Waals surface area contributed by atoms with Crippen molar-refractivity contribution in [3.05, 3.63) is 0 Å². The maximum absolute atomic E-state index is 11.9. The molecule has 0 aromatic carbocycles. The third-order valence-corrected chi connectivity index (χ3v) is 4.03. The van der Waals surface area contributed by atoms with Crippen molar-refractivity contribution >= 4 is 6.03 Å². The first-order valence-electron chi connectivity index (χ1n) is 6.98. The molecule has 0 spiro atoms. The lowest BCUT2D eigenvalue weighted by molar-refractivity contribution is 0.130. The molecular weight excluding hydrogens is 216 g/mol. The van der Waals surface area contributed by atoms with Crippen molar-refractivity contribution in [2.24, 2.45) is 5.92 Å². The molecule has 1 aliphatic carbocycles. The number of urea groups is 1. The summed E-state index contributed by atoms with van der Waals surface area (Å²) < 4.78 is 0. The smallest absolute Gasteiger partial charge is 0.317 e. The summed E-state index contributed by atoms with van der Waals surface area (Å²) in [6.07, 6.45) is 7.55. The standard InChI is InChI=1S/C13H24N2O2/c16-12-7-5-6-11(12)10-14-13(17)15-8-3-1-2-4-9-15/h11-12,16H,1-10H2,(H,14,17). The van der Waals surface area contributed by atoms with Crippen molar-refractivity contribution in [3.8, 4) is 0 Å². The fourth-order valence-corrected chi connectivity index (χ4v) is 2.86. The molecule has 1 heterocycles. The molecule has 2 fully saturated rings. The summed E-state index contributed by atoms with van der Waals surface area (Å²) in [6.45, 7) is 2.41. The van der Waals surface area contributed by atoms with Crippen LogP contribution in [0.1, 0.15) is 44.9 Å². The van der Waals surface area contributed by atoms with E-state index in [0.717, 1.165) is 45.2 Å². The van der Waals surface area contributed by atoms with Crippen LogP contribution >= 0.6 is 0 Å². The number of nitrogens with zero attached hydrogens (tertiary/aromatic N) is 1. The highest BCUT2D eigenvalue weighted by Gasteiger charge is 2.26. The lowest BCUT2D eigenvalue weighted by Gasteiger charge is -2.22. The molecule has 98 valence electrons. The molecule has 2 atom stereocenters. The largest absolute Gasteiger partial charge is 0.393 e. The van der Waals surface area contributed by atoms with Crippen LogP contribution in [0.5, 0.6) is 0 Å². The zero-order valence-electron chi connectivity index (χ0n) is 10.5. The molecule has 4 nitrogen and oxygen atoms in total. The molecule has 1 aliphatic heterocycles. The maximum Gasteiger partial charge on any atom is 0.317 e. The fourth-order valence-electron chi connectivity index (χ4n) is 2.86. The van der Waals surface area contributed by atoms with E-state index in [1.165, 1.54) is 12.8 Å². The summed E-state index contributed by atoms with van der Waals surface area (Å²) in [5.41, 5.74) is 0. The lowest BCUT2D eigenvalue weighted by atomic mass is 10.1. The molecule has 0 bridgehead atoms. The minimum atomic E-state index is -0.209. The Balaban J connectivity index is 1.72. The van der Waals surface area contributed by atoms with Gasteiger partial charge in [-0.2, -0.15) is 0 Å². The predicted octanol–water partition coefficient (Wildman–Crippen LogP) is 1.73. The zero-order valence-corrected chi connectivity index (χ0v) is 10.5. The Morgan fingerprint density at radius 2 is 1.82 bits per heavy atom. The van der Waals surface area contributed by atoms with Gasteiger partial charge < -0.3 is 15.3 Å². The molecule has 0 aromatic heterocycles. The minimum Gasteiger partial charge on any atom is -0.393 e. The van der Waals surface area contributed by atoms with E-state index in [9.17, 15) is 9.90 Å². The Bertz CT molecular complexity index is 250. The van der Waals surface area contributed by atoms with E-state index in [0.29, 0.717) is 6.54 Å². The molecule has 2 amide bonds. The number of hydrogen-bond donors (Lipinski definition) is 2. The van der Waals surface area contributed by atoms with Gasteiger partial charge in [0.2, 0.25) is 0 Å². The summed E-state index contributed by atoms with van der Waals surface area (Å²) in [5.74, 6) is 0.269. The SMILES string of the molecule is O=C(NCC1CCCC1O)N1CCCCCC1. The molecule has 2 N–H and O–H groups in total. The van der Waals surface area contributed by atoms with Gasteiger partial charge in [-0.1, -0.05) is 19.3 Å². The number of hydrogen-bond acceptors (Lipinski definition) is 2. The molecular formula is C13H24N2O2. The highest BCUT2D eigenvalue weighted by atomic mass is 16.3. The third-order valence-electron chi connectivity index (χ3n) is 4.03. The van der Waals surface area contributed by atoms with Crippen LogP contribution in [-0.4, -0.2) is 41.8 Å². The molecule has 4 heteroatoms. The van der Waals surface area contributed by atoms with Crippen molar-refractivity contribution in [1.29, 1.82) is 0 Å². The highest BCUT2D eigenvalue weighted by molar-refractivity contribution is 5.74. The quantitative estimate of drug-likeness (QED) is 0.772. The first kappa shape index (κ1) is 12.7. The Hall–Kier alpha value is -0.770. The fraction of sp³-hybridized carbons (Fsp3) is 0.923. The molecule has 1 saturated heterocycles. The molecule has 2 unspecified atom stereocenters. The van der Waals surface area contributed by atoms with Gasteiger partial charge in [-0.05, 0) is 25.7 Å². The molecule has 17 heavy (non-hydrogen) atoms. The summed E-state index contributed by atoms with van der Waals surface area (Å²) in [7, 11) is 0. The molecule has 0 aromatic rings. The van der Waals surface area contributed by atoms with Gasteiger partial charge in [0.1, 0.15) is 0 Å². The van der Waals surface area contributed by atoms with Gasteiger partial charge in [0.15, 0.2) is 0 Å². The van der Waals surface area contributed by atoms with Crippen molar-refractivity contribution < 1.29 is 9.90 Å². The van der Waals surface area contributed by atoms with Gasteiger partial charge in [0.05, 0.1) is 6.10 Å². The second-order valence-electron chi connectivity index (χ2n) is 5.35. The van der Waals surface area contributed by atoms with Crippen LogP contribution in [0.2, 0.25) is 0 Å². The predicted molar refractivity (Wildman–Crippen MR) is 66.8 cm³/mol. The van der Waals surface area contributed by atoms with Crippen LogP contribution in [0, 0.1) is 5.92 Å². The number of aliphatic hydroxyl groups excluding tert-OH is 1. The van der Waals surface area contributed by atoms with Crippen LogP contribution in [0.15, 0.2) is 0 Å². The van der Waals surface area contributed by atoms with E-state index in [1.54, 1.807) is 0 Å².